The molecule has 9 heteroatoms. The Morgan fingerprint density at radius 3 is 2.78 bits per heavy atom. The summed E-state index contributed by atoms with van der Waals surface area (Å²) in [4.78, 5) is 22.1. The standard InChI is InChI=1S/C14H20N6O3/c1-10-7-11(2)18(17-10)6-4-5-15-14(21)12(3)19-9-13(8-16-19)20(22)23/h7-9,12H,4-6H2,1-3H3,(H,15,21)/t12-/m0/s1. The van der Waals surface area contributed by atoms with Crippen molar-refractivity contribution in [2.24, 2.45) is 0 Å². The van der Waals surface area contributed by atoms with Crippen molar-refractivity contribution in [2.45, 2.75) is 39.8 Å². The van der Waals surface area contributed by atoms with Crippen LogP contribution in [0.3, 0.4) is 0 Å². The molecule has 0 aliphatic rings. The molecule has 124 valence electrons. The van der Waals surface area contributed by atoms with E-state index in [4.69, 9.17) is 0 Å². The van der Waals surface area contributed by atoms with E-state index < -0.39 is 11.0 Å². The van der Waals surface area contributed by atoms with Crippen molar-refractivity contribution in [3.63, 3.8) is 0 Å². The molecule has 9 nitrogen and oxygen atoms in total. The molecule has 0 aliphatic heterocycles. The van der Waals surface area contributed by atoms with E-state index in [9.17, 15) is 14.9 Å². The van der Waals surface area contributed by atoms with Crippen LogP contribution < -0.4 is 5.32 Å². The van der Waals surface area contributed by atoms with Crippen molar-refractivity contribution in [3.05, 3.63) is 40.0 Å². The van der Waals surface area contributed by atoms with E-state index in [2.05, 4.69) is 15.5 Å². The Morgan fingerprint density at radius 2 is 2.22 bits per heavy atom. The Labute approximate surface area is 133 Å². The number of nitrogens with one attached hydrogen (secondary N) is 1. The second-order valence-corrected chi connectivity index (χ2v) is 5.41. The summed E-state index contributed by atoms with van der Waals surface area (Å²) in [6, 6.07) is 1.41. The largest absolute Gasteiger partial charge is 0.354 e. The van der Waals surface area contributed by atoms with Gasteiger partial charge in [-0.05, 0) is 33.3 Å². The Bertz CT molecular complexity index is 705. The number of nitro groups is 1. The van der Waals surface area contributed by atoms with Crippen molar-refractivity contribution in [2.75, 3.05) is 6.54 Å². The highest BCUT2D eigenvalue weighted by molar-refractivity contribution is 5.79. The van der Waals surface area contributed by atoms with E-state index in [1.165, 1.54) is 10.9 Å². The summed E-state index contributed by atoms with van der Waals surface area (Å²) in [5, 5.41) is 21.6. The second kappa shape index (κ2) is 7.03. The van der Waals surface area contributed by atoms with E-state index in [0.717, 1.165) is 30.6 Å². The Morgan fingerprint density at radius 1 is 1.48 bits per heavy atom. The van der Waals surface area contributed by atoms with Crippen LogP contribution in [-0.4, -0.2) is 36.9 Å². The average molecular weight is 320 g/mol. The van der Waals surface area contributed by atoms with Crippen LogP contribution in [0, 0.1) is 24.0 Å². The number of carbonyl (C=O) groups is 1. The molecule has 0 fully saturated rings. The highest BCUT2D eigenvalue weighted by Gasteiger charge is 2.18. The predicted octanol–water partition coefficient (Wildman–Crippen LogP) is 1.37. The molecular weight excluding hydrogens is 300 g/mol. The summed E-state index contributed by atoms with van der Waals surface area (Å²) >= 11 is 0. The summed E-state index contributed by atoms with van der Waals surface area (Å²) in [5.41, 5.74) is 1.93. The van der Waals surface area contributed by atoms with Gasteiger partial charge in [0.25, 0.3) is 0 Å². The Balaban J connectivity index is 1.79. The van der Waals surface area contributed by atoms with Gasteiger partial charge in [-0.15, -0.1) is 0 Å². The molecule has 2 aromatic heterocycles. The molecule has 0 aromatic carbocycles. The van der Waals surface area contributed by atoms with Crippen molar-refractivity contribution in [1.82, 2.24) is 24.9 Å². The van der Waals surface area contributed by atoms with Gasteiger partial charge in [-0.25, -0.2) is 0 Å². The summed E-state index contributed by atoms with van der Waals surface area (Å²) < 4.78 is 3.19. The number of nitrogens with zero attached hydrogens (tertiary/aromatic N) is 5. The van der Waals surface area contributed by atoms with Crippen LogP contribution in [0.2, 0.25) is 0 Å². The molecule has 0 spiro atoms. The topological polar surface area (TPSA) is 108 Å². The fraction of sp³-hybridized carbons (Fsp3) is 0.500. The first-order valence-corrected chi connectivity index (χ1v) is 7.36. The third-order valence-corrected chi connectivity index (χ3v) is 3.52. The van der Waals surface area contributed by atoms with Gasteiger partial charge in [0.15, 0.2) is 0 Å². The first-order valence-electron chi connectivity index (χ1n) is 7.36. The molecule has 2 aromatic rings. The van der Waals surface area contributed by atoms with Crippen LogP contribution in [-0.2, 0) is 11.3 Å². The monoisotopic (exact) mass is 320 g/mol. The minimum absolute atomic E-state index is 0.130. The number of amides is 1. The van der Waals surface area contributed by atoms with Gasteiger partial charge in [-0.3, -0.25) is 24.3 Å². The third kappa shape index (κ3) is 4.15. The molecular formula is C14H20N6O3. The van der Waals surface area contributed by atoms with Crippen molar-refractivity contribution in [1.29, 1.82) is 0 Å². The number of aromatic nitrogens is 4. The molecule has 0 saturated heterocycles. The normalized spacial score (nSPS) is 12.1. The van der Waals surface area contributed by atoms with Crippen LogP contribution in [0.1, 0.15) is 30.8 Å². The maximum atomic E-state index is 12.0. The molecule has 1 N–H and O–H groups in total. The van der Waals surface area contributed by atoms with E-state index in [-0.39, 0.29) is 11.6 Å². The molecule has 0 aliphatic carbocycles. The molecule has 1 amide bonds. The Kier molecular flexibility index (Phi) is 5.09. The number of aryl methyl sites for hydroxylation is 3. The summed E-state index contributed by atoms with van der Waals surface area (Å²) in [6.07, 6.45) is 3.13. The molecule has 0 bridgehead atoms. The van der Waals surface area contributed by atoms with Gasteiger partial charge < -0.3 is 5.32 Å². The summed E-state index contributed by atoms with van der Waals surface area (Å²) in [7, 11) is 0. The first kappa shape index (κ1) is 16.7. The van der Waals surface area contributed by atoms with Gasteiger partial charge >= 0.3 is 5.69 Å². The number of hydrogen-bond donors (Lipinski definition) is 1. The van der Waals surface area contributed by atoms with E-state index in [0.29, 0.717) is 6.54 Å². The fourth-order valence-corrected chi connectivity index (χ4v) is 2.24. The fourth-order valence-electron chi connectivity index (χ4n) is 2.24. The lowest BCUT2D eigenvalue weighted by Gasteiger charge is -2.12. The van der Waals surface area contributed by atoms with Crippen LogP contribution in [0.5, 0.6) is 0 Å². The minimum Gasteiger partial charge on any atom is -0.354 e. The van der Waals surface area contributed by atoms with Gasteiger partial charge in [0.1, 0.15) is 18.4 Å². The summed E-state index contributed by atoms with van der Waals surface area (Å²) in [5.74, 6) is -0.226. The van der Waals surface area contributed by atoms with Crippen LogP contribution in [0.15, 0.2) is 18.5 Å². The average Bonchev–Trinajstić information content (AvgIpc) is 3.09. The maximum absolute atomic E-state index is 12.0. The zero-order valence-corrected chi connectivity index (χ0v) is 13.4. The zero-order chi connectivity index (χ0) is 17.0. The molecule has 0 saturated carbocycles. The van der Waals surface area contributed by atoms with Crippen LogP contribution >= 0.6 is 0 Å². The van der Waals surface area contributed by atoms with Gasteiger partial charge in [-0.2, -0.15) is 10.2 Å². The van der Waals surface area contributed by atoms with Gasteiger partial charge in [-0.1, -0.05) is 0 Å². The number of carbonyl (C=O) groups excluding carboxylic acids is 1. The van der Waals surface area contributed by atoms with E-state index in [1.54, 1.807) is 6.92 Å². The molecule has 23 heavy (non-hydrogen) atoms. The zero-order valence-electron chi connectivity index (χ0n) is 13.4. The second-order valence-electron chi connectivity index (χ2n) is 5.41. The van der Waals surface area contributed by atoms with Crippen molar-refractivity contribution < 1.29 is 9.72 Å². The number of hydrogen-bond acceptors (Lipinski definition) is 5. The molecule has 2 rings (SSSR count). The minimum atomic E-state index is -0.600. The number of rotatable bonds is 7. The van der Waals surface area contributed by atoms with E-state index >= 15 is 0 Å². The SMILES string of the molecule is Cc1cc(C)n(CCCNC(=O)[C@H](C)n2cc([N+](=O)[O-])cn2)n1. The summed E-state index contributed by atoms with van der Waals surface area (Å²) in [6.45, 7) is 6.81. The first-order chi connectivity index (χ1) is 10.9. The highest BCUT2D eigenvalue weighted by Crippen LogP contribution is 2.12. The molecule has 0 radical (unpaired) electrons. The van der Waals surface area contributed by atoms with E-state index in [1.807, 2.05) is 24.6 Å². The predicted molar refractivity (Wildman–Crippen MR) is 82.9 cm³/mol. The van der Waals surface area contributed by atoms with Crippen molar-refractivity contribution in [3.8, 4) is 0 Å². The highest BCUT2D eigenvalue weighted by atomic mass is 16.6. The maximum Gasteiger partial charge on any atom is 0.307 e. The lowest BCUT2D eigenvalue weighted by atomic mass is 10.3. The lowest BCUT2D eigenvalue weighted by Crippen LogP contribution is -2.32. The third-order valence-electron chi connectivity index (χ3n) is 3.52. The Hall–Kier alpha value is -2.71. The molecule has 0 unspecified atom stereocenters. The molecule has 2 heterocycles. The van der Waals surface area contributed by atoms with Crippen LogP contribution in [0.25, 0.3) is 0 Å². The van der Waals surface area contributed by atoms with Crippen molar-refractivity contribution >= 4 is 11.6 Å². The molecule has 1 atom stereocenters. The van der Waals surface area contributed by atoms with Crippen LogP contribution in [0.4, 0.5) is 5.69 Å². The van der Waals surface area contributed by atoms with Gasteiger partial charge in [0, 0.05) is 18.8 Å². The van der Waals surface area contributed by atoms with Gasteiger partial charge in [0.05, 0.1) is 10.6 Å². The smallest absolute Gasteiger partial charge is 0.307 e. The lowest BCUT2D eigenvalue weighted by molar-refractivity contribution is -0.385. The van der Waals surface area contributed by atoms with Gasteiger partial charge in [0.2, 0.25) is 5.91 Å². The quantitative estimate of drug-likeness (QED) is 0.471.